The fourth-order valence-corrected chi connectivity index (χ4v) is 5.12. The van der Waals surface area contributed by atoms with Gasteiger partial charge in [-0.2, -0.15) is 0 Å². The number of allylic oxidation sites excluding steroid dienone is 2. The second kappa shape index (κ2) is 14.9. The van der Waals surface area contributed by atoms with E-state index in [4.69, 9.17) is 30.9 Å². The van der Waals surface area contributed by atoms with Crippen LogP contribution in [0.15, 0.2) is 36.0 Å². The van der Waals surface area contributed by atoms with Gasteiger partial charge in [-0.1, -0.05) is 30.7 Å². The molecule has 4 N–H and O–H groups in total. The Morgan fingerprint density at radius 1 is 1.21 bits per heavy atom. The molecule has 39 heavy (non-hydrogen) atoms. The normalized spacial score (nSPS) is 34.7. The molecule has 0 aromatic rings. The van der Waals surface area contributed by atoms with Crippen LogP contribution >= 0.6 is 11.6 Å². The molecule has 0 radical (unpaired) electrons. The molecule has 2 fully saturated rings. The Hall–Kier alpha value is -2.24. The molecule has 2 aliphatic heterocycles. The highest BCUT2D eigenvalue weighted by Crippen LogP contribution is 2.33. The molecule has 11 heteroatoms. The topological polar surface area (TPSA) is 152 Å². The lowest BCUT2D eigenvalue weighted by molar-refractivity contribution is -0.197. The van der Waals surface area contributed by atoms with Crippen LogP contribution in [0.3, 0.4) is 0 Å². The first-order chi connectivity index (χ1) is 18.2. The molecular weight excluding hydrogens is 530 g/mol. The number of carbonyl (C=O) groups is 3. The van der Waals surface area contributed by atoms with Crippen molar-refractivity contribution in [1.29, 1.82) is 0 Å². The summed E-state index contributed by atoms with van der Waals surface area (Å²) in [6.45, 7) is 8.85. The van der Waals surface area contributed by atoms with E-state index in [9.17, 15) is 24.6 Å². The van der Waals surface area contributed by atoms with Gasteiger partial charge in [-0.25, -0.2) is 0 Å². The first-order valence-electron chi connectivity index (χ1n) is 13.2. The smallest absolute Gasteiger partial charge is 0.305 e. The predicted molar refractivity (Wildman–Crippen MR) is 145 cm³/mol. The number of ether oxygens (including phenoxy) is 3. The average Bonchev–Trinajstić information content (AvgIpc) is 2.84. The SMILES string of the molecule is CC(=O)OC(C)/C=C\C(=O)N[C@@H]1C[C@H](C)[C@H](C/C=C(C)/C=C/[C@H]2O[C@H](CC(=O)O)C[C@@](O)(CCl)[C@@H]2O)O[C@@H]1C. The summed E-state index contributed by atoms with van der Waals surface area (Å²) in [4.78, 5) is 34.4. The van der Waals surface area contributed by atoms with Crippen molar-refractivity contribution in [3.63, 3.8) is 0 Å². The molecular formula is C28H42ClNO9. The van der Waals surface area contributed by atoms with Gasteiger partial charge in [-0.05, 0) is 45.6 Å². The Bertz CT molecular complexity index is 951. The van der Waals surface area contributed by atoms with Crippen molar-refractivity contribution >= 4 is 29.4 Å². The number of nitrogens with one attached hydrogen (secondary N) is 1. The van der Waals surface area contributed by atoms with Crippen LogP contribution in [0.5, 0.6) is 0 Å². The van der Waals surface area contributed by atoms with Gasteiger partial charge in [0.2, 0.25) is 5.91 Å². The fraction of sp³-hybridized carbons (Fsp3) is 0.679. The second-order valence-corrected chi connectivity index (χ2v) is 10.9. The molecule has 2 rings (SSSR count). The molecule has 9 atom stereocenters. The fourth-order valence-electron chi connectivity index (χ4n) is 4.85. The molecule has 1 unspecified atom stereocenters. The number of aliphatic hydroxyl groups is 2. The predicted octanol–water partition coefficient (Wildman–Crippen LogP) is 2.65. The van der Waals surface area contributed by atoms with Crippen molar-refractivity contribution in [1.82, 2.24) is 5.32 Å². The van der Waals surface area contributed by atoms with Gasteiger partial charge in [0.15, 0.2) is 0 Å². The monoisotopic (exact) mass is 571 g/mol. The number of hydrogen-bond donors (Lipinski definition) is 4. The molecule has 0 saturated carbocycles. The second-order valence-electron chi connectivity index (χ2n) is 10.6. The van der Waals surface area contributed by atoms with Gasteiger partial charge in [0.1, 0.15) is 23.9 Å². The minimum atomic E-state index is -1.64. The first-order valence-corrected chi connectivity index (χ1v) is 13.8. The number of aliphatic carboxylic acids is 1. The van der Waals surface area contributed by atoms with Crippen LogP contribution in [0.2, 0.25) is 0 Å². The highest BCUT2D eigenvalue weighted by Gasteiger charge is 2.47. The zero-order chi connectivity index (χ0) is 29.3. The number of alkyl halides is 1. The van der Waals surface area contributed by atoms with E-state index < -0.39 is 42.0 Å². The molecule has 0 aliphatic carbocycles. The largest absolute Gasteiger partial charge is 0.481 e. The Balaban J connectivity index is 1.93. The van der Waals surface area contributed by atoms with E-state index >= 15 is 0 Å². The third-order valence-electron chi connectivity index (χ3n) is 7.06. The van der Waals surface area contributed by atoms with Gasteiger partial charge in [-0.15, -0.1) is 11.6 Å². The maximum Gasteiger partial charge on any atom is 0.305 e. The van der Waals surface area contributed by atoms with E-state index in [-0.39, 0.29) is 48.8 Å². The molecule has 0 bridgehead atoms. The van der Waals surface area contributed by atoms with Gasteiger partial charge < -0.3 is 34.8 Å². The van der Waals surface area contributed by atoms with Gasteiger partial charge >= 0.3 is 11.9 Å². The number of halogens is 1. The van der Waals surface area contributed by atoms with Gasteiger partial charge in [0, 0.05) is 19.4 Å². The number of carboxylic acid groups (broad SMARTS) is 1. The number of carbonyl (C=O) groups excluding carboxylic acids is 2. The van der Waals surface area contributed by atoms with Crippen molar-refractivity contribution in [3.8, 4) is 0 Å². The van der Waals surface area contributed by atoms with Crippen molar-refractivity contribution in [3.05, 3.63) is 36.0 Å². The summed E-state index contributed by atoms with van der Waals surface area (Å²) in [5.74, 6) is -1.82. The Morgan fingerprint density at radius 3 is 2.51 bits per heavy atom. The van der Waals surface area contributed by atoms with Gasteiger partial charge in [-0.3, -0.25) is 14.4 Å². The third kappa shape index (κ3) is 10.3. The Kier molecular flexibility index (Phi) is 12.6. The number of aliphatic hydroxyl groups excluding tert-OH is 1. The summed E-state index contributed by atoms with van der Waals surface area (Å²) in [6, 6.07) is -0.160. The van der Waals surface area contributed by atoms with E-state index in [1.54, 1.807) is 19.1 Å². The van der Waals surface area contributed by atoms with E-state index in [2.05, 4.69) is 12.2 Å². The minimum absolute atomic E-state index is 0.0613. The summed E-state index contributed by atoms with van der Waals surface area (Å²) < 4.78 is 16.9. The van der Waals surface area contributed by atoms with E-state index in [1.807, 2.05) is 19.9 Å². The number of rotatable bonds is 11. The standard InChI is InChI=1S/C28H42ClNO9/c1-16(7-10-24-27(35)28(36,15-29)14-21(39-24)13-26(33)34)6-9-23-17(2)12-22(19(4)38-23)30-25(32)11-8-18(3)37-20(5)31/h6-8,10-11,17-19,21-24,27,35-36H,9,12-15H2,1-5H3,(H,30,32)(H,33,34)/b10-7+,11-8-,16-6+/t17-,18?,19+,21+,22+,23-,24+,27+,28+/m0/s1. The van der Waals surface area contributed by atoms with Crippen LogP contribution in [0.4, 0.5) is 0 Å². The number of esters is 1. The van der Waals surface area contributed by atoms with Crippen LogP contribution < -0.4 is 5.32 Å². The van der Waals surface area contributed by atoms with Crippen LogP contribution in [-0.2, 0) is 28.6 Å². The number of carboxylic acids is 1. The number of hydrogen-bond acceptors (Lipinski definition) is 8. The van der Waals surface area contributed by atoms with Crippen molar-refractivity contribution in [2.24, 2.45) is 5.92 Å². The lowest BCUT2D eigenvalue weighted by Gasteiger charge is -2.43. The van der Waals surface area contributed by atoms with Crippen molar-refractivity contribution < 1.29 is 43.9 Å². The van der Waals surface area contributed by atoms with Gasteiger partial charge in [0.25, 0.3) is 0 Å². The van der Waals surface area contributed by atoms with Crippen molar-refractivity contribution in [2.75, 3.05) is 5.88 Å². The van der Waals surface area contributed by atoms with Crippen LogP contribution in [0.25, 0.3) is 0 Å². The lowest BCUT2D eigenvalue weighted by atomic mass is 9.84. The summed E-state index contributed by atoms with van der Waals surface area (Å²) in [5.41, 5.74) is -0.761. The molecule has 0 aromatic heterocycles. The highest BCUT2D eigenvalue weighted by atomic mass is 35.5. The molecule has 2 aliphatic rings. The molecule has 1 amide bonds. The highest BCUT2D eigenvalue weighted by molar-refractivity contribution is 6.18. The molecule has 220 valence electrons. The maximum absolute atomic E-state index is 12.3. The average molecular weight is 572 g/mol. The van der Waals surface area contributed by atoms with Crippen LogP contribution in [0, 0.1) is 5.92 Å². The summed E-state index contributed by atoms with van der Waals surface area (Å²) in [6.07, 6.45) is 5.52. The molecule has 2 heterocycles. The summed E-state index contributed by atoms with van der Waals surface area (Å²) in [5, 5.41) is 33.3. The quantitative estimate of drug-likeness (QED) is 0.127. The maximum atomic E-state index is 12.3. The zero-order valence-electron chi connectivity index (χ0n) is 23.2. The first kappa shape index (κ1) is 33.0. The Labute approximate surface area is 235 Å². The minimum Gasteiger partial charge on any atom is -0.481 e. The molecule has 0 spiro atoms. The molecule has 2 saturated heterocycles. The van der Waals surface area contributed by atoms with Crippen molar-refractivity contribution in [2.45, 2.75) is 109 Å². The summed E-state index contributed by atoms with van der Waals surface area (Å²) in [7, 11) is 0. The van der Waals surface area contributed by atoms with E-state index in [0.717, 1.165) is 12.0 Å². The van der Waals surface area contributed by atoms with E-state index in [0.29, 0.717) is 6.42 Å². The van der Waals surface area contributed by atoms with Crippen LogP contribution in [0.1, 0.15) is 60.3 Å². The molecule has 0 aromatic carbocycles. The summed E-state index contributed by atoms with van der Waals surface area (Å²) >= 11 is 5.88. The molecule has 10 nitrogen and oxygen atoms in total. The Morgan fingerprint density at radius 2 is 1.90 bits per heavy atom. The van der Waals surface area contributed by atoms with Crippen LogP contribution in [-0.4, -0.2) is 87.3 Å². The lowest BCUT2D eigenvalue weighted by Crippen LogP contribution is -2.58. The van der Waals surface area contributed by atoms with Gasteiger partial charge in [0.05, 0.1) is 36.7 Å². The number of amides is 1. The van der Waals surface area contributed by atoms with E-state index in [1.165, 1.54) is 19.1 Å². The third-order valence-corrected chi connectivity index (χ3v) is 7.52. The zero-order valence-corrected chi connectivity index (χ0v) is 24.0.